The molecular formula is C19H27N3O5. The van der Waals surface area contributed by atoms with Gasteiger partial charge in [0.1, 0.15) is 11.2 Å². The van der Waals surface area contributed by atoms with Gasteiger partial charge in [-0.25, -0.2) is 0 Å². The zero-order chi connectivity index (χ0) is 19.8. The number of hydrogen-bond donors (Lipinski definition) is 1. The number of carbonyl (C=O) groups excluding carboxylic acids is 2. The Hall–Kier alpha value is -2.03. The normalized spacial score (nSPS) is 26.5. The van der Waals surface area contributed by atoms with Crippen molar-refractivity contribution < 1.29 is 23.8 Å². The average Bonchev–Trinajstić information content (AvgIpc) is 3.01. The zero-order valence-electron chi connectivity index (χ0n) is 16.5. The molecule has 1 N–H and O–H groups in total. The van der Waals surface area contributed by atoms with E-state index in [2.05, 4.69) is 10.3 Å². The maximum absolute atomic E-state index is 13.3. The van der Waals surface area contributed by atoms with Gasteiger partial charge >= 0.3 is 0 Å². The van der Waals surface area contributed by atoms with E-state index in [0.717, 1.165) is 5.56 Å². The van der Waals surface area contributed by atoms with Gasteiger partial charge in [0.2, 0.25) is 5.91 Å². The first kappa shape index (κ1) is 19.7. The summed E-state index contributed by atoms with van der Waals surface area (Å²) in [6.07, 6.45) is 1.64. The molecule has 0 saturated carbocycles. The molecule has 0 radical (unpaired) electrons. The third kappa shape index (κ3) is 2.83. The van der Waals surface area contributed by atoms with Crippen LogP contribution >= 0.6 is 0 Å². The highest BCUT2D eigenvalue weighted by molar-refractivity contribution is 6.06. The topological polar surface area (TPSA) is 90.0 Å². The SMILES string of the molecule is CCOCCOC12NC(=O)C(C)(C(C)C)N1C(=O)c1cc(COC)cnc12. The molecule has 8 nitrogen and oxygen atoms in total. The van der Waals surface area contributed by atoms with Crippen LogP contribution in [0.15, 0.2) is 12.3 Å². The largest absolute Gasteiger partial charge is 0.380 e. The smallest absolute Gasteiger partial charge is 0.271 e. The van der Waals surface area contributed by atoms with Gasteiger partial charge in [0.05, 0.1) is 25.4 Å². The lowest BCUT2D eigenvalue weighted by Gasteiger charge is -2.39. The van der Waals surface area contributed by atoms with E-state index in [9.17, 15) is 9.59 Å². The molecule has 1 fully saturated rings. The molecule has 0 spiro atoms. The molecule has 2 atom stereocenters. The second kappa shape index (κ2) is 7.18. The fourth-order valence-corrected chi connectivity index (χ4v) is 3.67. The minimum Gasteiger partial charge on any atom is -0.380 e. The van der Waals surface area contributed by atoms with Crippen LogP contribution in [0.1, 0.15) is 49.3 Å². The lowest BCUT2D eigenvalue weighted by Crippen LogP contribution is -2.56. The third-order valence-electron chi connectivity index (χ3n) is 5.40. The first-order valence-corrected chi connectivity index (χ1v) is 9.20. The summed E-state index contributed by atoms with van der Waals surface area (Å²) in [6, 6.07) is 1.76. The average molecular weight is 377 g/mol. The molecule has 2 aliphatic rings. The molecule has 0 aromatic carbocycles. The van der Waals surface area contributed by atoms with Gasteiger partial charge in [-0.1, -0.05) is 13.8 Å². The van der Waals surface area contributed by atoms with E-state index in [0.29, 0.717) is 31.1 Å². The highest BCUT2D eigenvalue weighted by Crippen LogP contribution is 2.48. The molecular weight excluding hydrogens is 350 g/mol. The van der Waals surface area contributed by atoms with Crippen LogP contribution in [-0.4, -0.2) is 54.2 Å². The number of methoxy groups -OCH3 is 1. The molecule has 8 heteroatoms. The van der Waals surface area contributed by atoms with Crippen molar-refractivity contribution in [2.75, 3.05) is 26.9 Å². The number of hydrogen-bond acceptors (Lipinski definition) is 6. The second-order valence-corrected chi connectivity index (χ2v) is 7.26. The van der Waals surface area contributed by atoms with Gasteiger partial charge in [-0.15, -0.1) is 0 Å². The van der Waals surface area contributed by atoms with Crippen molar-refractivity contribution in [3.63, 3.8) is 0 Å². The molecule has 3 heterocycles. The quantitative estimate of drug-likeness (QED) is 0.689. The van der Waals surface area contributed by atoms with Crippen LogP contribution in [0.5, 0.6) is 0 Å². The minimum atomic E-state index is -1.41. The summed E-state index contributed by atoms with van der Waals surface area (Å²) in [5.41, 5.74) is 0.562. The lowest BCUT2D eigenvalue weighted by molar-refractivity contribution is -0.165. The van der Waals surface area contributed by atoms with E-state index < -0.39 is 11.4 Å². The number of aromatic nitrogens is 1. The van der Waals surface area contributed by atoms with Crippen LogP contribution in [0.3, 0.4) is 0 Å². The van der Waals surface area contributed by atoms with Gasteiger partial charge in [-0.3, -0.25) is 19.5 Å². The Morgan fingerprint density at radius 2 is 2.04 bits per heavy atom. The summed E-state index contributed by atoms with van der Waals surface area (Å²) in [4.78, 5) is 32.2. The summed E-state index contributed by atoms with van der Waals surface area (Å²) in [5, 5.41) is 2.91. The number of amides is 2. The van der Waals surface area contributed by atoms with Crippen molar-refractivity contribution in [1.82, 2.24) is 15.2 Å². The van der Waals surface area contributed by atoms with Crippen molar-refractivity contribution in [3.05, 3.63) is 29.1 Å². The Kier molecular flexibility index (Phi) is 5.24. The zero-order valence-corrected chi connectivity index (χ0v) is 16.5. The maximum atomic E-state index is 13.3. The summed E-state index contributed by atoms with van der Waals surface area (Å²) in [7, 11) is 1.58. The van der Waals surface area contributed by atoms with Gasteiger partial charge in [-0.2, -0.15) is 0 Å². The fraction of sp³-hybridized carbons (Fsp3) is 0.632. The van der Waals surface area contributed by atoms with Crippen molar-refractivity contribution in [3.8, 4) is 0 Å². The number of rotatable bonds is 8. The summed E-state index contributed by atoms with van der Waals surface area (Å²) < 4.78 is 16.6. The van der Waals surface area contributed by atoms with Crippen molar-refractivity contribution >= 4 is 11.8 Å². The predicted octanol–water partition coefficient (Wildman–Crippen LogP) is 1.39. The molecule has 1 saturated heterocycles. The van der Waals surface area contributed by atoms with E-state index in [1.54, 1.807) is 26.3 Å². The Balaban J connectivity index is 2.08. The molecule has 1 aromatic rings. The Morgan fingerprint density at radius 3 is 2.67 bits per heavy atom. The summed E-state index contributed by atoms with van der Waals surface area (Å²) >= 11 is 0. The lowest BCUT2D eigenvalue weighted by atomic mass is 9.87. The van der Waals surface area contributed by atoms with E-state index in [1.165, 1.54) is 4.90 Å². The fourth-order valence-electron chi connectivity index (χ4n) is 3.67. The minimum absolute atomic E-state index is 0.119. The van der Waals surface area contributed by atoms with Crippen molar-refractivity contribution in [2.24, 2.45) is 5.92 Å². The Labute approximate surface area is 159 Å². The standard InChI is InChI=1S/C19H27N3O5/c1-6-26-7-8-27-19-15-14(9-13(10-20-15)11-25-5)16(23)22(19)18(4,12(2)3)17(24)21-19/h9-10,12H,6-8,11H2,1-5H3,(H,21,24). The van der Waals surface area contributed by atoms with Crippen molar-refractivity contribution in [2.45, 2.75) is 45.7 Å². The number of pyridine rings is 1. The van der Waals surface area contributed by atoms with Crippen LogP contribution in [0.25, 0.3) is 0 Å². The predicted molar refractivity (Wildman–Crippen MR) is 96.6 cm³/mol. The van der Waals surface area contributed by atoms with Gasteiger partial charge in [-0.05, 0) is 31.4 Å². The molecule has 148 valence electrons. The van der Waals surface area contributed by atoms with Crippen LogP contribution in [0.4, 0.5) is 0 Å². The number of fused-ring (bicyclic) bond motifs is 3. The number of carbonyl (C=O) groups is 2. The van der Waals surface area contributed by atoms with Gasteiger partial charge in [0.15, 0.2) is 0 Å². The van der Waals surface area contributed by atoms with Crippen LogP contribution in [0.2, 0.25) is 0 Å². The van der Waals surface area contributed by atoms with Gasteiger partial charge in [0.25, 0.3) is 11.8 Å². The molecule has 0 aliphatic carbocycles. The van der Waals surface area contributed by atoms with E-state index >= 15 is 0 Å². The van der Waals surface area contributed by atoms with E-state index in [4.69, 9.17) is 14.2 Å². The molecule has 1 aromatic heterocycles. The van der Waals surface area contributed by atoms with Gasteiger partial charge in [0, 0.05) is 19.9 Å². The molecule has 0 bridgehead atoms. The van der Waals surface area contributed by atoms with E-state index in [-0.39, 0.29) is 24.3 Å². The molecule has 2 unspecified atom stereocenters. The molecule has 2 aliphatic heterocycles. The third-order valence-corrected chi connectivity index (χ3v) is 5.40. The summed E-state index contributed by atoms with van der Waals surface area (Å²) in [6.45, 7) is 8.96. The van der Waals surface area contributed by atoms with E-state index in [1.807, 2.05) is 20.8 Å². The van der Waals surface area contributed by atoms with Crippen LogP contribution in [0, 0.1) is 5.92 Å². The van der Waals surface area contributed by atoms with Crippen LogP contribution in [-0.2, 0) is 31.5 Å². The number of nitrogens with zero attached hydrogens (tertiary/aromatic N) is 2. The Morgan fingerprint density at radius 1 is 1.30 bits per heavy atom. The van der Waals surface area contributed by atoms with Crippen LogP contribution < -0.4 is 5.32 Å². The highest BCUT2D eigenvalue weighted by Gasteiger charge is 2.68. The van der Waals surface area contributed by atoms with Crippen molar-refractivity contribution in [1.29, 1.82) is 0 Å². The second-order valence-electron chi connectivity index (χ2n) is 7.26. The Bertz CT molecular complexity index is 753. The molecule has 3 rings (SSSR count). The maximum Gasteiger partial charge on any atom is 0.271 e. The molecule has 2 amide bonds. The first-order valence-electron chi connectivity index (χ1n) is 9.20. The number of nitrogens with one attached hydrogen (secondary N) is 1. The highest BCUT2D eigenvalue weighted by atomic mass is 16.6. The van der Waals surface area contributed by atoms with Gasteiger partial charge < -0.3 is 19.5 Å². The summed E-state index contributed by atoms with van der Waals surface area (Å²) in [5.74, 6) is -2.06. The monoisotopic (exact) mass is 377 g/mol. The molecule has 27 heavy (non-hydrogen) atoms. The number of ether oxygens (including phenoxy) is 3. The first-order chi connectivity index (χ1) is 12.8.